The molecule has 0 saturated heterocycles. The van der Waals surface area contributed by atoms with E-state index in [1.807, 2.05) is 20.8 Å². The van der Waals surface area contributed by atoms with E-state index in [2.05, 4.69) is 19.2 Å². The number of carbonyl (C=O) groups is 1. The molecule has 7 heteroatoms. The highest BCUT2D eigenvalue weighted by Gasteiger charge is 2.28. The van der Waals surface area contributed by atoms with Gasteiger partial charge in [0.2, 0.25) is 5.91 Å². The highest BCUT2D eigenvalue weighted by atomic mass is 32.2. The molecule has 0 spiro atoms. The van der Waals surface area contributed by atoms with Crippen LogP contribution in [0.25, 0.3) is 10.2 Å². The Bertz CT molecular complexity index is 903. The van der Waals surface area contributed by atoms with E-state index in [9.17, 15) is 9.59 Å². The van der Waals surface area contributed by atoms with Crippen LogP contribution in [0, 0.1) is 25.7 Å². The average Bonchev–Trinajstić information content (AvgIpc) is 2.91. The van der Waals surface area contributed by atoms with E-state index in [4.69, 9.17) is 4.98 Å². The van der Waals surface area contributed by atoms with Gasteiger partial charge in [0.05, 0.1) is 11.1 Å². The highest BCUT2D eigenvalue weighted by Crippen LogP contribution is 2.30. The fourth-order valence-corrected chi connectivity index (χ4v) is 5.81. The molecule has 1 N–H and O–H groups in total. The Morgan fingerprint density at radius 1 is 1.33 bits per heavy atom. The lowest BCUT2D eigenvalue weighted by Crippen LogP contribution is -2.44. The van der Waals surface area contributed by atoms with Crippen LogP contribution in [0.4, 0.5) is 0 Å². The topological polar surface area (TPSA) is 64.0 Å². The lowest BCUT2D eigenvalue weighted by Gasteiger charge is -2.34. The van der Waals surface area contributed by atoms with E-state index in [1.54, 1.807) is 15.9 Å². The quantitative estimate of drug-likeness (QED) is 0.598. The third-order valence-corrected chi connectivity index (χ3v) is 8.03. The zero-order valence-electron chi connectivity index (χ0n) is 16.8. The molecular weight excluding hydrogens is 378 g/mol. The van der Waals surface area contributed by atoms with Crippen LogP contribution in [-0.2, 0) is 11.3 Å². The molecule has 2 aromatic rings. The second kappa shape index (κ2) is 8.35. The number of carbonyl (C=O) groups excluding carboxylic acids is 1. The first-order valence-electron chi connectivity index (χ1n) is 9.76. The largest absolute Gasteiger partial charge is 0.352 e. The number of aryl methyl sites for hydroxylation is 2. The van der Waals surface area contributed by atoms with Crippen molar-refractivity contribution in [1.82, 2.24) is 14.9 Å². The molecule has 1 amide bonds. The maximum absolute atomic E-state index is 12.9. The maximum atomic E-state index is 12.9. The summed E-state index contributed by atoms with van der Waals surface area (Å²) in [4.78, 5) is 32.0. The molecule has 0 aliphatic heterocycles. The van der Waals surface area contributed by atoms with E-state index in [-0.39, 0.29) is 17.5 Å². The number of thioether (sulfide) groups is 1. The monoisotopic (exact) mass is 407 g/mol. The number of hydrogen-bond acceptors (Lipinski definition) is 5. The predicted octanol–water partition coefficient (Wildman–Crippen LogP) is 4.13. The summed E-state index contributed by atoms with van der Waals surface area (Å²) < 4.78 is 1.69. The van der Waals surface area contributed by atoms with E-state index < -0.39 is 0 Å². The fourth-order valence-electron chi connectivity index (χ4n) is 3.86. The van der Waals surface area contributed by atoms with Crippen LogP contribution in [0.2, 0.25) is 0 Å². The summed E-state index contributed by atoms with van der Waals surface area (Å²) in [7, 11) is 0. The van der Waals surface area contributed by atoms with Crippen molar-refractivity contribution in [1.29, 1.82) is 0 Å². The van der Waals surface area contributed by atoms with Crippen LogP contribution in [0.3, 0.4) is 0 Å². The SMILES string of the molecule is CCn1c(SCC(=O)N[C@H]2CCC[C@@H](C)[C@@H]2C)nc2sc(C)c(C)c2c1=O. The molecule has 1 aliphatic carbocycles. The molecule has 5 nitrogen and oxygen atoms in total. The minimum Gasteiger partial charge on any atom is -0.352 e. The van der Waals surface area contributed by atoms with Crippen LogP contribution in [-0.4, -0.2) is 27.3 Å². The number of rotatable bonds is 5. The Morgan fingerprint density at radius 2 is 2.07 bits per heavy atom. The summed E-state index contributed by atoms with van der Waals surface area (Å²) in [6, 6.07) is 0.258. The molecule has 27 heavy (non-hydrogen) atoms. The van der Waals surface area contributed by atoms with Gasteiger partial charge in [-0.15, -0.1) is 11.3 Å². The summed E-state index contributed by atoms with van der Waals surface area (Å²) in [5.74, 6) is 1.48. The van der Waals surface area contributed by atoms with Crippen molar-refractivity contribution in [3.05, 3.63) is 20.8 Å². The first-order chi connectivity index (χ1) is 12.8. The van der Waals surface area contributed by atoms with Gasteiger partial charge in [-0.25, -0.2) is 4.98 Å². The van der Waals surface area contributed by atoms with Crippen molar-refractivity contribution in [3.63, 3.8) is 0 Å². The molecule has 2 aromatic heterocycles. The summed E-state index contributed by atoms with van der Waals surface area (Å²) >= 11 is 2.91. The number of hydrogen-bond donors (Lipinski definition) is 1. The molecule has 3 rings (SSSR count). The Kier molecular flexibility index (Phi) is 6.31. The molecule has 0 unspecified atom stereocenters. The molecule has 2 heterocycles. The Morgan fingerprint density at radius 3 is 2.78 bits per heavy atom. The fraction of sp³-hybridized carbons (Fsp3) is 0.650. The van der Waals surface area contributed by atoms with Crippen molar-refractivity contribution >= 4 is 39.2 Å². The lowest BCUT2D eigenvalue weighted by molar-refractivity contribution is -0.120. The second-order valence-electron chi connectivity index (χ2n) is 7.64. The minimum absolute atomic E-state index is 0.00184. The molecule has 0 radical (unpaired) electrons. The standard InChI is InChI=1S/C20H29N3O2S2/c1-6-23-19(25)17-13(4)14(5)27-18(17)22-20(23)26-10-16(24)21-15-9-7-8-11(2)12(15)3/h11-12,15H,6-10H2,1-5H3,(H,21,24)/t11-,12+,15+/m1/s1. The number of amides is 1. The number of nitrogens with zero attached hydrogens (tertiary/aromatic N) is 2. The van der Waals surface area contributed by atoms with E-state index in [1.165, 1.54) is 24.6 Å². The molecule has 148 valence electrons. The Hall–Kier alpha value is -1.34. The smallest absolute Gasteiger partial charge is 0.263 e. The molecule has 3 atom stereocenters. The van der Waals surface area contributed by atoms with Gasteiger partial charge in [0.25, 0.3) is 5.56 Å². The van der Waals surface area contributed by atoms with Gasteiger partial charge < -0.3 is 5.32 Å². The van der Waals surface area contributed by atoms with Gasteiger partial charge in [-0.1, -0.05) is 38.5 Å². The number of aromatic nitrogens is 2. The molecule has 1 saturated carbocycles. The first kappa shape index (κ1) is 20.4. The zero-order chi connectivity index (χ0) is 19.7. The van der Waals surface area contributed by atoms with E-state index >= 15 is 0 Å². The number of nitrogens with one attached hydrogen (secondary N) is 1. The van der Waals surface area contributed by atoms with Gasteiger partial charge in [-0.3, -0.25) is 14.2 Å². The first-order valence-corrected chi connectivity index (χ1v) is 11.6. The number of fused-ring (bicyclic) bond motifs is 1. The summed E-state index contributed by atoms with van der Waals surface area (Å²) in [6.07, 6.45) is 3.47. The summed E-state index contributed by atoms with van der Waals surface area (Å²) in [5, 5.41) is 4.56. The van der Waals surface area contributed by atoms with E-state index in [0.29, 0.717) is 29.3 Å². The molecule has 1 aliphatic rings. The summed E-state index contributed by atoms with van der Waals surface area (Å²) in [6.45, 7) is 11.0. The van der Waals surface area contributed by atoms with Gasteiger partial charge in [0.1, 0.15) is 4.83 Å². The maximum Gasteiger partial charge on any atom is 0.263 e. The van der Waals surface area contributed by atoms with Crippen molar-refractivity contribution < 1.29 is 4.79 Å². The minimum atomic E-state index is 0.00184. The highest BCUT2D eigenvalue weighted by molar-refractivity contribution is 7.99. The van der Waals surface area contributed by atoms with Crippen LogP contribution < -0.4 is 10.9 Å². The number of thiophene rings is 1. The Balaban J connectivity index is 1.74. The van der Waals surface area contributed by atoms with Gasteiger partial charge >= 0.3 is 0 Å². The van der Waals surface area contributed by atoms with Crippen LogP contribution in [0.15, 0.2) is 9.95 Å². The van der Waals surface area contributed by atoms with Gasteiger partial charge in [0, 0.05) is 17.5 Å². The van der Waals surface area contributed by atoms with Crippen LogP contribution in [0.1, 0.15) is 50.5 Å². The van der Waals surface area contributed by atoms with Gasteiger partial charge in [0.15, 0.2) is 5.16 Å². The third-order valence-electron chi connectivity index (χ3n) is 5.96. The average molecular weight is 408 g/mol. The van der Waals surface area contributed by atoms with Crippen molar-refractivity contribution in [2.45, 2.75) is 71.6 Å². The molecule has 1 fully saturated rings. The van der Waals surface area contributed by atoms with Crippen molar-refractivity contribution in [2.24, 2.45) is 11.8 Å². The Labute approximate surface area is 169 Å². The molecule has 0 bridgehead atoms. The van der Waals surface area contributed by atoms with Crippen molar-refractivity contribution in [3.8, 4) is 0 Å². The summed E-state index contributed by atoms with van der Waals surface area (Å²) in [5.41, 5.74) is 1.02. The van der Waals surface area contributed by atoms with Crippen molar-refractivity contribution in [2.75, 3.05) is 5.75 Å². The predicted molar refractivity (Wildman–Crippen MR) is 114 cm³/mol. The normalized spacial score (nSPS) is 22.9. The zero-order valence-corrected chi connectivity index (χ0v) is 18.4. The van der Waals surface area contributed by atoms with Crippen LogP contribution >= 0.6 is 23.1 Å². The molecule has 0 aromatic carbocycles. The second-order valence-corrected chi connectivity index (χ2v) is 9.78. The third kappa shape index (κ3) is 4.09. The van der Waals surface area contributed by atoms with Gasteiger partial charge in [-0.05, 0) is 44.6 Å². The molecular formula is C20H29N3O2S2. The van der Waals surface area contributed by atoms with E-state index in [0.717, 1.165) is 27.1 Å². The lowest BCUT2D eigenvalue weighted by atomic mass is 9.78. The van der Waals surface area contributed by atoms with Crippen LogP contribution in [0.5, 0.6) is 0 Å². The van der Waals surface area contributed by atoms with Gasteiger partial charge in [-0.2, -0.15) is 0 Å².